The van der Waals surface area contributed by atoms with Crippen molar-refractivity contribution in [3.05, 3.63) is 23.4 Å². The average Bonchev–Trinajstić information content (AvgIpc) is 2.83. The van der Waals surface area contributed by atoms with E-state index < -0.39 is 18.7 Å². The van der Waals surface area contributed by atoms with Gasteiger partial charge in [0, 0.05) is 43.9 Å². The molecular formula is C19H28F3N3O. The minimum Gasteiger partial charge on any atom is -0.472 e. The number of fused-ring (bicyclic) bond motifs is 1. The number of halogens is 3. The van der Waals surface area contributed by atoms with E-state index in [1.54, 1.807) is 6.07 Å². The zero-order chi connectivity index (χ0) is 18.6. The van der Waals surface area contributed by atoms with Gasteiger partial charge in [-0.15, -0.1) is 0 Å². The first kappa shape index (κ1) is 19.4. The van der Waals surface area contributed by atoms with Crippen LogP contribution in [-0.2, 0) is 12.8 Å². The second-order valence-corrected chi connectivity index (χ2v) is 7.54. The number of alkyl halides is 3. The monoisotopic (exact) mass is 371 g/mol. The topological polar surface area (TPSA) is 51.4 Å². The Morgan fingerprint density at radius 3 is 2.69 bits per heavy atom. The molecule has 1 fully saturated rings. The number of hydrogen-bond donors (Lipinski definition) is 1. The van der Waals surface area contributed by atoms with E-state index in [0.29, 0.717) is 19.3 Å². The first-order valence-corrected chi connectivity index (χ1v) is 9.50. The van der Waals surface area contributed by atoms with Crippen LogP contribution in [0.1, 0.15) is 43.4 Å². The molecule has 1 aliphatic heterocycles. The van der Waals surface area contributed by atoms with Crippen molar-refractivity contribution < 1.29 is 17.9 Å². The van der Waals surface area contributed by atoms with Crippen molar-refractivity contribution >= 4 is 0 Å². The molecule has 0 atom stereocenters. The number of nitrogens with zero attached hydrogens (tertiary/aromatic N) is 2. The van der Waals surface area contributed by atoms with Gasteiger partial charge < -0.3 is 15.4 Å². The van der Waals surface area contributed by atoms with E-state index in [-0.39, 0.29) is 11.9 Å². The second kappa shape index (κ2) is 8.57. The van der Waals surface area contributed by atoms with Gasteiger partial charge in [-0.05, 0) is 44.1 Å². The van der Waals surface area contributed by atoms with Crippen molar-refractivity contribution in [1.29, 1.82) is 0 Å². The second-order valence-electron chi connectivity index (χ2n) is 7.54. The molecule has 0 aromatic carbocycles. The van der Waals surface area contributed by atoms with E-state index in [4.69, 9.17) is 10.5 Å². The highest BCUT2D eigenvalue weighted by Gasteiger charge is 2.34. The summed E-state index contributed by atoms with van der Waals surface area (Å²) in [5.41, 5.74) is 6.82. The molecule has 1 saturated carbocycles. The fourth-order valence-electron chi connectivity index (χ4n) is 3.83. The highest BCUT2D eigenvalue weighted by molar-refractivity contribution is 5.27. The Kier molecular flexibility index (Phi) is 6.40. The highest BCUT2D eigenvalue weighted by Crippen LogP contribution is 2.34. The third-order valence-corrected chi connectivity index (χ3v) is 5.56. The largest absolute Gasteiger partial charge is 0.472 e. The number of pyridine rings is 1. The van der Waals surface area contributed by atoms with Gasteiger partial charge in [0.1, 0.15) is 5.67 Å². The molecule has 2 aliphatic rings. The summed E-state index contributed by atoms with van der Waals surface area (Å²) in [6.07, 6.45) is 2.27. The van der Waals surface area contributed by atoms with Gasteiger partial charge in [0.05, 0.1) is 0 Å². The maximum absolute atomic E-state index is 14.9. The van der Waals surface area contributed by atoms with Crippen LogP contribution < -0.4 is 10.5 Å². The Labute approximate surface area is 152 Å². The lowest BCUT2D eigenvalue weighted by Crippen LogP contribution is -2.39. The molecule has 7 heteroatoms. The Morgan fingerprint density at radius 1 is 1.23 bits per heavy atom. The van der Waals surface area contributed by atoms with Crippen molar-refractivity contribution in [1.82, 2.24) is 9.88 Å². The van der Waals surface area contributed by atoms with Crippen molar-refractivity contribution in [2.75, 3.05) is 26.2 Å². The Hall–Kier alpha value is -1.34. The molecule has 2 N–H and O–H groups in total. The zero-order valence-corrected chi connectivity index (χ0v) is 15.1. The minimum absolute atomic E-state index is 0.152. The molecule has 3 rings (SSSR count). The van der Waals surface area contributed by atoms with Crippen LogP contribution in [0, 0.1) is 0 Å². The summed E-state index contributed by atoms with van der Waals surface area (Å²) in [6.45, 7) is 1.75. The van der Waals surface area contributed by atoms with Crippen molar-refractivity contribution in [2.45, 2.75) is 63.1 Å². The standard InChI is InChI=1S/C19H28F3N3O/c20-17(21)13-26-18-2-1-14-5-10-25(11-6-16(14)24-18)12-9-19(22)7-3-15(23)4-8-19/h1-2,15,17H,3-13,23H2/t15-,19+. The molecule has 0 unspecified atom stereocenters. The summed E-state index contributed by atoms with van der Waals surface area (Å²) in [6, 6.07) is 3.71. The molecule has 0 amide bonds. The molecule has 2 heterocycles. The molecular weight excluding hydrogens is 343 g/mol. The normalized spacial score (nSPS) is 27.2. The Balaban J connectivity index is 1.51. The van der Waals surface area contributed by atoms with E-state index in [1.165, 1.54) is 0 Å². The number of rotatable bonds is 6. The van der Waals surface area contributed by atoms with Crippen LogP contribution in [0.5, 0.6) is 5.88 Å². The maximum Gasteiger partial charge on any atom is 0.272 e. The van der Waals surface area contributed by atoms with Gasteiger partial charge in [-0.3, -0.25) is 0 Å². The summed E-state index contributed by atoms with van der Waals surface area (Å²) >= 11 is 0. The fourth-order valence-corrected chi connectivity index (χ4v) is 3.83. The van der Waals surface area contributed by atoms with Crippen molar-refractivity contribution in [3.8, 4) is 5.88 Å². The number of aromatic nitrogens is 1. The van der Waals surface area contributed by atoms with E-state index in [0.717, 1.165) is 56.6 Å². The molecule has 0 spiro atoms. The zero-order valence-electron chi connectivity index (χ0n) is 15.1. The molecule has 1 aromatic heterocycles. The predicted octanol–water partition coefficient (Wildman–Crippen LogP) is 3.13. The van der Waals surface area contributed by atoms with Gasteiger partial charge >= 0.3 is 0 Å². The van der Waals surface area contributed by atoms with Gasteiger partial charge in [-0.25, -0.2) is 18.2 Å². The smallest absolute Gasteiger partial charge is 0.272 e. The minimum atomic E-state index is -2.51. The van der Waals surface area contributed by atoms with E-state index in [9.17, 15) is 13.2 Å². The van der Waals surface area contributed by atoms with Crippen LogP contribution in [0.15, 0.2) is 12.1 Å². The van der Waals surface area contributed by atoms with Crippen LogP contribution in [0.3, 0.4) is 0 Å². The lowest BCUT2D eigenvalue weighted by atomic mass is 9.82. The van der Waals surface area contributed by atoms with E-state index >= 15 is 0 Å². The van der Waals surface area contributed by atoms with Crippen molar-refractivity contribution in [2.24, 2.45) is 5.73 Å². The molecule has 4 nitrogen and oxygen atoms in total. The number of ether oxygens (including phenoxy) is 1. The van der Waals surface area contributed by atoms with E-state index in [2.05, 4.69) is 9.88 Å². The molecule has 0 bridgehead atoms. The van der Waals surface area contributed by atoms with Gasteiger partial charge in [0.2, 0.25) is 5.88 Å². The molecule has 1 aliphatic carbocycles. The summed E-state index contributed by atoms with van der Waals surface area (Å²) in [7, 11) is 0. The molecule has 146 valence electrons. The third kappa shape index (κ3) is 5.33. The average molecular weight is 371 g/mol. The van der Waals surface area contributed by atoms with Crippen LogP contribution in [-0.4, -0.2) is 54.3 Å². The van der Waals surface area contributed by atoms with Gasteiger partial charge in [-0.1, -0.05) is 6.07 Å². The first-order valence-electron chi connectivity index (χ1n) is 9.50. The number of nitrogens with two attached hydrogens (primary N) is 1. The van der Waals surface area contributed by atoms with Crippen LogP contribution >= 0.6 is 0 Å². The predicted molar refractivity (Wildman–Crippen MR) is 94.5 cm³/mol. The first-order chi connectivity index (χ1) is 12.4. The maximum atomic E-state index is 14.9. The quantitative estimate of drug-likeness (QED) is 0.835. The van der Waals surface area contributed by atoms with E-state index in [1.807, 2.05) is 6.07 Å². The van der Waals surface area contributed by atoms with Crippen LogP contribution in [0.25, 0.3) is 0 Å². The molecule has 1 aromatic rings. The summed E-state index contributed by atoms with van der Waals surface area (Å²) in [5.74, 6) is 0.249. The van der Waals surface area contributed by atoms with Crippen molar-refractivity contribution in [3.63, 3.8) is 0 Å². The SMILES string of the molecule is N[C@H]1CC[C@](F)(CCN2CCc3ccc(OCC(F)F)nc3CC2)CC1. The molecule has 26 heavy (non-hydrogen) atoms. The fraction of sp³-hybridized carbons (Fsp3) is 0.737. The van der Waals surface area contributed by atoms with Gasteiger partial charge in [0.15, 0.2) is 6.61 Å². The Morgan fingerprint density at radius 2 is 1.96 bits per heavy atom. The lowest BCUT2D eigenvalue weighted by molar-refractivity contribution is 0.0742. The summed E-state index contributed by atoms with van der Waals surface area (Å²) in [4.78, 5) is 6.66. The molecule has 0 saturated heterocycles. The Bertz CT molecular complexity index is 591. The summed E-state index contributed by atoms with van der Waals surface area (Å²) < 4.78 is 44.5. The van der Waals surface area contributed by atoms with Gasteiger partial charge in [0.25, 0.3) is 6.43 Å². The van der Waals surface area contributed by atoms with Gasteiger partial charge in [-0.2, -0.15) is 0 Å². The lowest BCUT2D eigenvalue weighted by Gasteiger charge is -2.34. The van der Waals surface area contributed by atoms with Crippen LogP contribution in [0.4, 0.5) is 13.2 Å². The summed E-state index contributed by atoms with van der Waals surface area (Å²) in [5, 5.41) is 0. The molecule has 0 radical (unpaired) electrons. The third-order valence-electron chi connectivity index (χ3n) is 5.56. The number of hydrogen-bond acceptors (Lipinski definition) is 4. The highest BCUT2D eigenvalue weighted by atomic mass is 19.3. The van der Waals surface area contributed by atoms with Crippen LogP contribution in [0.2, 0.25) is 0 Å².